The third-order valence-corrected chi connectivity index (χ3v) is 4.11. The molecule has 0 bridgehead atoms. The van der Waals surface area contributed by atoms with Crippen molar-refractivity contribution < 1.29 is 4.79 Å². The van der Waals surface area contributed by atoms with Gasteiger partial charge in [-0.25, -0.2) is 0 Å². The monoisotopic (exact) mass is 310 g/mol. The van der Waals surface area contributed by atoms with Crippen LogP contribution in [0.5, 0.6) is 0 Å². The molecule has 0 atom stereocenters. The van der Waals surface area contributed by atoms with Gasteiger partial charge in [-0.15, -0.1) is 0 Å². The first-order chi connectivity index (χ1) is 11.3. The molecule has 1 fully saturated rings. The molecular formula is C18H22N4O. The van der Waals surface area contributed by atoms with Crippen molar-refractivity contribution >= 4 is 11.6 Å². The van der Waals surface area contributed by atoms with Crippen LogP contribution in [0, 0.1) is 0 Å². The Labute approximate surface area is 136 Å². The SMILES string of the molecule is O=C(CNCc1ccncc1)N1CCN(c2ccccc2)CC1. The lowest BCUT2D eigenvalue weighted by Crippen LogP contribution is -2.50. The van der Waals surface area contributed by atoms with E-state index in [9.17, 15) is 4.79 Å². The lowest BCUT2D eigenvalue weighted by Gasteiger charge is -2.36. The van der Waals surface area contributed by atoms with Gasteiger partial charge in [-0.2, -0.15) is 0 Å². The second-order valence-electron chi connectivity index (χ2n) is 5.66. The summed E-state index contributed by atoms with van der Waals surface area (Å²) in [6.07, 6.45) is 3.53. The Morgan fingerprint density at radius 2 is 1.70 bits per heavy atom. The number of rotatable bonds is 5. The first kappa shape index (κ1) is 15.5. The van der Waals surface area contributed by atoms with Crippen molar-refractivity contribution in [2.24, 2.45) is 0 Å². The zero-order valence-corrected chi connectivity index (χ0v) is 13.2. The van der Waals surface area contributed by atoms with E-state index in [2.05, 4.69) is 39.5 Å². The van der Waals surface area contributed by atoms with Crippen LogP contribution in [0.15, 0.2) is 54.9 Å². The normalized spacial score (nSPS) is 14.8. The number of hydrogen-bond acceptors (Lipinski definition) is 4. The molecule has 5 heteroatoms. The summed E-state index contributed by atoms with van der Waals surface area (Å²) in [6, 6.07) is 14.3. The zero-order valence-electron chi connectivity index (χ0n) is 13.2. The van der Waals surface area contributed by atoms with E-state index >= 15 is 0 Å². The van der Waals surface area contributed by atoms with E-state index in [1.807, 2.05) is 23.1 Å². The van der Waals surface area contributed by atoms with E-state index in [-0.39, 0.29) is 5.91 Å². The predicted molar refractivity (Wildman–Crippen MR) is 91.2 cm³/mol. The fourth-order valence-electron chi connectivity index (χ4n) is 2.78. The smallest absolute Gasteiger partial charge is 0.236 e. The first-order valence-corrected chi connectivity index (χ1v) is 8.00. The molecule has 1 saturated heterocycles. The fourth-order valence-corrected chi connectivity index (χ4v) is 2.78. The van der Waals surface area contributed by atoms with Crippen LogP contribution in [0.4, 0.5) is 5.69 Å². The van der Waals surface area contributed by atoms with Gasteiger partial charge in [-0.3, -0.25) is 9.78 Å². The van der Waals surface area contributed by atoms with Crippen LogP contribution < -0.4 is 10.2 Å². The number of hydrogen-bond donors (Lipinski definition) is 1. The van der Waals surface area contributed by atoms with Gasteiger partial charge < -0.3 is 15.1 Å². The molecule has 1 aromatic heterocycles. The summed E-state index contributed by atoms with van der Waals surface area (Å²) in [5, 5.41) is 3.21. The van der Waals surface area contributed by atoms with Gasteiger partial charge in [-0.05, 0) is 29.8 Å². The minimum Gasteiger partial charge on any atom is -0.368 e. The van der Waals surface area contributed by atoms with Gasteiger partial charge in [-0.1, -0.05) is 18.2 Å². The third kappa shape index (κ3) is 4.29. The maximum Gasteiger partial charge on any atom is 0.236 e. The number of piperazine rings is 1. The highest BCUT2D eigenvalue weighted by Gasteiger charge is 2.20. The average Bonchev–Trinajstić information content (AvgIpc) is 2.63. The molecule has 23 heavy (non-hydrogen) atoms. The molecular weight excluding hydrogens is 288 g/mol. The Hall–Kier alpha value is -2.40. The number of benzene rings is 1. The summed E-state index contributed by atoms with van der Waals surface area (Å²) in [7, 11) is 0. The molecule has 0 radical (unpaired) electrons. The summed E-state index contributed by atoms with van der Waals surface area (Å²) < 4.78 is 0. The van der Waals surface area contributed by atoms with Gasteiger partial charge in [0.05, 0.1) is 6.54 Å². The van der Waals surface area contributed by atoms with Crippen molar-refractivity contribution in [3.05, 3.63) is 60.4 Å². The highest BCUT2D eigenvalue weighted by Crippen LogP contribution is 2.15. The summed E-state index contributed by atoms with van der Waals surface area (Å²) in [4.78, 5) is 20.5. The Morgan fingerprint density at radius 3 is 2.39 bits per heavy atom. The highest BCUT2D eigenvalue weighted by molar-refractivity contribution is 5.78. The molecule has 0 unspecified atom stereocenters. The molecule has 1 amide bonds. The van der Waals surface area contributed by atoms with Gasteiger partial charge in [0.25, 0.3) is 0 Å². The van der Waals surface area contributed by atoms with E-state index in [0.717, 1.165) is 31.7 Å². The van der Waals surface area contributed by atoms with E-state index in [1.54, 1.807) is 12.4 Å². The molecule has 1 aliphatic heterocycles. The molecule has 2 aromatic rings. The topological polar surface area (TPSA) is 48.5 Å². The summed E-state index contributed by atoms with van der Waals surface area (Å²) in [6.45, 7) is 4.42. The minimum atomic E-state index is 0.173. The zero-order chi connectivity index (χ0) is 15.9. The number of nitrogens with one attached hydrogen (secondary N) is 1. The predicted octanol–water partition coefficient (Wildman–Crippen LogP) is 1.52. The van der Waals surface area contributed by atoms with Crippen molar-refractivity contribution in [3.8, 4) is 0 Å². The summed E-state index contributed by atoms with van der Waals surface area (Å²) >= 11 is 0. The van der Waals surface area contributed by atoms with Crippen LogP contribution in [-0.4, -0.2) is 48.5 Å². The second-order valence-corrected chi connectivity index (χ2v) is 5.66. The molecule has 120 valence electrons. The van der Waals surface area contributed by atoms with Crippen molar-refractivity contribution in [2.45, 2.75) is 6.54 Å². The first-order valence-electron chi connectivity index (χ1n) is 8.00. The Morgan fingerprint density at radius 1 is 1.00 bits per heavy atom. The Bertz CT molecular complexity index is 609. The van der Waals surface area contributed by atoms with E-state index in [1.165, 1.54) is 5.69 Å². The molecule has 1 aliphatic rings. The van der Waals surface area contributed by atoms with Gasteiger partial charge >= 0.3 is 0 Å². The average molecular weight is 310 g/mol. The quantitative estimate of drug-likeness (QED) is 0.910. The van der Waals surface area contributed by atoms with E-state index in [4.69, 9.17) is 0 Å². The molecule has 0 aliphatic carbocycles. The Balaban J connectivity index is 1.41. The standard InChI is InChI=1S/C18H22N4O/c23-18(15-20-14-16-6-8-19-9-7-16)22-12-10-21(11-13-22)17-4-2-1-3-5-17/h1-9,20H,10-15H2. The summed E-state index contributed by atoms with van der Waals surface area (Å²) in [5.74, 6) is 0.173. The number of aromatic nitrogens is 1. The maximum absolute atomic E-state index is 12.3. The van der Waals surface area contributed by atoms with Crippen LogP contribution in [0.1, 0.15) is 5.56 Å². The molecule has 2 heterocycles. The van der Waals surface area contributed by atoms with Gasteiger partial charge in [0.2, 0.25) is 5.91 Å². The maximum atomic E-state index is 12.3. The van der Waals surface area contributed by atoms with Gasteiger partial charge in [0, 0.05) is 50.8 Å². The largest absolute Gasteiger partial charge is 0.368 e. The fraction of sp³-hybridized carbons (Fsp3) is 0.333. The number of para-hydroxylation sites is 1. The molecule has 0 spiro atoms. The van der Waals surface area contributed by atoms with Crippen LogP contribution in [0.25, 0.3) is 0 Å². The number of amides is 1. The third-order valence-electron chi connectivity index (χ3n) is 4.11. The number of anilines is 1. The van der Waals surface area contributed by atoms with Crippen LogP contribution >= 0.6 is 0 Å². The Kier molecular flexibility index (Phi) is 5.21. The number of pyridine rings is 1. The minimum absolute atomic E-state index is 0.173. The highest BCUT2D eigenvalue weighted by atomic mass is 16.2. The molecule has 3 rings (SSSR count). The number of nitrogens with zero attached hydrogens (tertiary/aromatic N) is 3. The summed E-state index contributed by atoms with van der Waals surface area (Å²) in [5.41, 5.74) is 2.37. The van der Waals surface area contributed by atoms with Crippen molar-refractivity contribution in [1.29, 1.82) is 0 Å². The second kappa shape index (κ2) is 7.74. The van der Waals surface area contributed by atoms with Crippen LogP contribution in [0.2, 0.25) is 0 Å². The van der Waals surface area contributed by atoms with Crippen LogP contribution in [-0.2, 0) is 11.3 Å². The van der Waals surface area contributed by atoms with Gasteiger partial charge in [0.1, 0.15) is 0 Å². The molecule has 1 aromatic carbocycles. The number of carbonyl (C=O) groups is 1. The van der Waals surface area contributed by atoms with E-state index < -0.39 is 0 Å². The van der Waals surface area contributed by atoms with Crippen molar-refractivity contribution in [3.63, 3.8) is 0 Å². The molecule has 0 saturated carbocycles. The lowest BCUT2D eigenvalue weighted by atomic mass is 10.2. The van der Waals surface area contributed by atoms with Gasteiger partial charge in [0.15, 0.2) is 0 Å². The number of carbonyl (C=O) groups excluding carboxylic acids is 1. The van der Waals surface area contributed by atoms with Crippen LogP contribution in [0.3, 0.4) is 0 Å². The molecule has 1 N–H and O–H groups in total. The van der Waals surface area contributed by atoms with E-state index in [0.29, 0.717) is 13.1 Å². The van der Waals surface area contributed by atoms with Crippen molar-refractivity contribution in [1.82, 2.24) is 15.2 Å². The molecule has 5 nitrogen and oxygen atoms in total. The van der Waals surface area contributed by atoms with Crippen molar-refractivity contribution in [2.75, 3.05) is 37.6 Å². The lowest BCUT2D eigenvalue weighted by molar-refractivity contribution is -0.130.